The first-order chi connectivity index (χ1) is 7.49. The van der Waals surface area contributed by atoms with Gasteiger partial charge in [0.2, 0.25) is 11.8 Å². The molecule has 1 atom stereocenters. The van der Waals surface area contributed by atoms with Gasteiger partial charge >= 0.3 is 0 Å². The molecule has 0 fully saturated rings. The minimum atomic E-state index is -0.322. The zero-order chi connectivity index (χ0) is 13.0. The lowest BCUT2D eigenvalue weighted by Gasteiger charge is -2.06. The standard InChI is InChI=1S/C7H13NO2.C3H8N2O/c1-3-6(2)7(10)8-4-5-9;1-5-2-3(4)6/h5-6H,3-4H2,1-2H3,(H,8,10);5H,2H2,1H3,(H2,4,6). The predicted octanol–water partition coefficient (Wildman–Crippen LogP) is -0.961. The van der Waals surface area contributed by atoms with Crippen LogP contribution in [0, 0.1) is 5.92 Å². The lowest BCUT2D eigenvalue weighted by atomic mass is 10.1. The minimum absolute atomic E-state index is 0.0138. The number of hydrogen-bond acceptors (Lipinski definition) is 4. The maximum atomic E-state index is 10.9. The van der Waals surface area contributed by atoms with Gasteiger partial charge in [-0.25, -0.2) is 0 Å². The average molecular weight is 231 g/mol. The van der Waals surface area contributed by atoms with Gasteiger partial charge in [0.05, 0.1) is 13.1 Å². The summed E-state index contributed by atoms with van der Waals surface area (Å²) in [7, 11) is 1.67. The highest BCUT2D eigenvalue weighted by Gasteiger charge is 2.07. The molecule has 0 saturated carbocycles. The van der Waals surface area contributed by atoms with E-state index in [1.54, 1.807) is 7.05 Å². The molecule has 0 aromatic heterocycles. The Morgan fingerprint density at radius 3 is 2.25 bits per heavy atom. The number of nitrogens with two attached hydrogens (primary N) is 1. The lowest BCUT2D eigenvalue weighted by molar-refractivity contribution is -0.125. The molecule has 0 radical (unpaired) electrons. The van der Waals surface area contributed by atoms with Crippen molar-refractivity contribution >= 4 is 18.1 Å². The lowest BCUT2D eigenvalue weighted by Crippen LogP contribution is -2.30. The van der Waals surface area contributed by atoms with E-state index in [1.165, 1.54) is 0 Å². The van der Waals surface area contributed by atoms with E-state index >= 15 is 0 Å². The molecule has 0 aromatic rings. The Morgan fingerprint density at radius 1 is 1.44 bits per heavy atom. The van der Waals surface area contributed by atoms with Crippen LogP contribution in [-0.4, -0.2) is 38.2 Å². The summed E-state index contributed by atoms with van der Waals surface area (Å²) in [5.74, 6) is -0.355. The normalized spacial score (nSPS) is 10.7. The van der Waals surface area contributed by atoms with Gasteiger partial charge < -0.3 is 21.2 Å². The van der Waals surface area contributed by atoms with Gasteiger partial charge in [0.25, 0.3) is 0 Å². The average Bonchev–Trinajstić information content (AvgIpc) is 2.25. The van der Waals surface area contributed by atoms with Gasteiger partial charge in [-0.15, -0.1) is 0 Å². The Kier molecular flexibility index (Phi) is 12.4. The molecular weight excluding hydrogens is 210 g/mol. The number of carbonyl (C=O) groups is 3. The van der Waals surface area contributed by atoms with E-state index in [9.17, 15) is 14.4 Å². The SMILES string of the molecule is CCC(C)C(=O)NCC=O.CNCC(N)=O. The van der Waals surface area contributed by atoms with E-state index in [0.29, 0.717) is 6.29 Å². The largest absolute Gasteiger partial charge is 0.369 e. The number of aldehydes is 1. The van der Waals surface area contributed by atoms with Crippen molar-refractivity contribution in [2.24, 2.45) is 11.7 Å². The maximum Gasteiger partial charge on any atom is 0.231 e. The third-order valence-electron chi connectivity index (χ3n) is 1.77. The summed E-state index contributed by atoms with van der Waals surface area (Å²) in [5, 5.41) is 5.07. The summed E-state index contributed by atoms with van der Waals surface area (Å²) in [6.45, 7) is 4.16. The van der Waals surface area contributed by atoms with Crippen LogP contribution in [0.3, 0.4) is 0 Å². The number of nitrogens with one attached hydrogen (secondary N) is 2. The van der Waals surface area contributed by atoms with Crippen molar-refractivity contribution in [1.82, 2.24) is 10.6 Å². The molecule has 6 nitrogen and oxygen atoms in total. The second kappa shape index (κ2) is 11.6. The number of carbonyl (C=O) groups excluding carboxylic acids is 3. The second-order valence-corrected chi connectivity index (χ2v) is 3.22. The number of rotatable bonds is 6. The zero-order valence-electron chi connectivity index (χ0n) is 10.1. The van der Waals surface area contributed by atoms with Crippen molar-refractivity contribution in [3.63, 3.8) is 0 Å². The molecule has 94 valence electrons. The monoisotopic (exact) mass is 231 g/mol. The highest BCUT2D eigenvalue weighted by molar-refractivity contribution is 5.80. The van der Waals surface area contributed by atoms with Gasteiger partial charge in [0.15, 0.2) is 0 Å². The van der Waals surface area contributed by atoms with E-state index in [-0.39, 0.29) is 30.8 Å². The predicted molar refractivity (Wildman–Crippen MR) is 61.6 cm³/mol. The van der Waals surface area contributed by atoms with Crippen LogP contribution in [0.2, 0.25) is 0 Å². The minimum Gasteiger partial charge on any atom is -0.369 e. The maximum absolute atomic E-state index is 10.9. The summed E-state index contributed by atoms with van der Waals surface area (Å²) < 4.78 is 0. The molecule has 0 spiro atoms. The van der Waals surface area contributed by atoms with Crippen molar-refractivity contribution in [2.75, 3.05) is 20.1 Å². The molecule has 0 bridgehead atoms. The molecule has 0 aliphatic carbocycles. The van der Waals surface area contributed by atoms with Crippen LogP contribution in [0.25, 0.3) is 0 Å². The Bertz CT molecular complexity index is 219. The fourth-order valence-electron chi connectivity index (χ4n) is 0.676. The van der Waals surface area contributed by atoms with Gasteiger partial charge in [-0.05, 0) is 13.5 Å². The van der Waals surface area contributed by atoms with Crippen LogP contribution >= 0.6 is 0 Å². The van der Waals surface area contributed by atoms with E-state index in [4.69, 9.17) is 5.73 Å². The number of amides is 2. The fourth-order valence-corrected chi connectivity index (χ4v) is 0.676. The van der Waals surface area contributed by atoms with Crippen LogP contribution in [0.15, 0.2) is 0 Å². The van der Waals surface area contributed by atoms with E-state index in [0.717, 1.165) is 6.42 Å². The first kappa shape index (κ1) is 17.0. The molecule has 1 unspecified atom stereocenters. The van der Waals surface area contributed by atoms with E-state index < -0.39 is 0 Å². The first-order valence-corrected chi connectivity index (χ1v) is 5.13. The summed E-state index contributed by atoms with van der Waals surface area (Å²) in [5.41, 5.74) is 4.70. The highest BCUT2D eigenvalue weighted by Crippen LogP contribution is 1.98. The van der Waals surface area contributed by atoms with Crippen LogP contribution in [0.4, 0.5) is 0 Å². The Balaban J connectivity index is 0. The van der Waals surface area contributed by atoms with Crippen molar-refractivity contribution in [2.45, 2.75) is 20.3 Å². The molecule has 0 aliphatic heterocycles. The summed E-state index contributed by atoms with van der Waals surface area (Å²) in [6, 6.07) is 0. The zero-order valence-corrected chi connectivity index (χ0v) is 10.1. The fraction of sp³-hybridized carbons (Fsp3) is 0.700. The van der Waals surface area contributed by atoms with Gasteiger partial charge in [-0.1, -0.05) is 13.8 Å². The molecule has 0 aromatic carbocycles. The topological polar surface area (TPSA) is 101 Å². The Hall–Kier alpha value is -1.43. The molecule has 16 heavy (non-hydrogen) atoms. The van der Waals surface area contributed by atoms with Crippen LogP contribution in [0.5, 0.6) is 0 Å². The van der Waals surface area contributed by atoms with Gasteiger partial charge in [-0.2, -0.15) is 0 Å². The van der Waals surface area contributed by atoms with Crippen molar-refractivity contribution < 1.29 is 14.4 Å². The van der Waals surface area contributed by atoms with Crippen LogP contribution < -0.4 is 16.4 Å². The Morgan fingerprint density at radius 2 is 2.00 bits per heavy atom. The van der Waals surface area contributed by atoms with E-state index in [2.05, 4.69) is 10.6 Å². The number of hydrogen-bond donors (Lipinski definition) is 3. The highest BCUT2D eigenvalue weighted by atomic mass is 16.2. The van der Waals surface area contributed by atoms with Gasteiger partial charge in [0, 0.05) is 5.92 Å². The third-order valence-corrected chi connectivity index (χ3v) is 1.77. The summed E-state index contributed by atoms with van der Waals surface area (Å²) in [6.07, 6.45) is 1.49. The van der Waals surface area contributed by atoms with E-state index in [1.807, 2.05) is 13.8 Å². The summed E-state index contributed by atoms with van der Waals surface area (Å²) >= 11 is 0. The second-order valence-electron chi connectivity index (χ2n) is 3.22. The summed E-state index contributed by atoms with van der Waals surface area (Å²) in [4.78, 5) is 30.4. The Labute approximate surface area is 96.0 Å². The van der Waals surface area contributed by atoms with Crippen molar-refractivity contribution in [3.05, 3.63) is 0 Å². The molecule has 0 aliphatic rings. The number of likely N-dealkylation sites (N-methyl/N-ethyl adjacent to an activating group) is 1. The van der Waals surface area contributed by atoms with Gasteiger partial charge in [0.1, 0.15) is 6.29 Å². The van der Waals surface area contributed by atoms with Crippen LogP contribution in [-0.2, 0) is 14.4 Å². The smallest absolute Gasteiger partial charge is 0.231 e. The molecule has 6 heteroatoms. The quantitative estimate of drug-likeness (QED) is 0.512. The molecule has 0 saturated heterocycles. The first-order valence-electron chi connectivity index (χ1n) is 5.13. The van der Waals surface area contributed by atoms with Crippen molar-refractivity contribution in [1.29, 1.82) is 0 Å². The third kappa shape index (κ3) is 12.6. The molecule has 0 heterocycles. The van der Waals surface area contributed by atoms with Crippen LogP contribution in [0.1, 0.15) is 20.3 Å². The van der Waals surface area contributed by atoms with Gasteiger partial charge in [-0.3, -0.25) is 9.59 Å². The van der Waals surface area contributed by atoms with Crippen molar-refractivity contribution in [3.8, 4) is 0 Å². The molecule has 2 amide bonds. The molecule has 0 rings (SSSR count). The molecular formula is C10H21N3O3. The number of primary amides is 1. The molecule has 4 N–H and O–H groups in total.